The molecule has 0 unspecified atom stereocenters. The molecule has 0 saturated carbocycles. The van der Waals surface area contributed by atoms with E-state index >= 15 is 0 Å². The fraction of sp³-hybridized carbons (Fsp3) is 0.294. The third-order valence-electron chi connectivity index (χ3n) is 3.20. The summed E-state index contributed by atoms with van der Waals surface area (Å²) < 4.78 is 5.99. The number of rotatable bonds is 6. The van der Waals surface area contributed by atoms with Crippen LogP contribution >= 0.6 is 0 Å². The normalized spacial score (nSPS) is 12.3. The van der Waals surface area contributed by atoms with Gasteiger partial charge in [-0.3, -0.25) is 0 Å². The van der Waals surface area contributed by atoms with Gasteiger partial charge in [0.1, 0.15) is 5.75 Å². The van der Waals surface area contributed by atoms with E-state index in [1.165, 1.54) is 5.39 Å². The van der Waals surface area contributed by atoms with Crippen LogP contribution in [0.2, 0.25) is 0 Å². The van der Waals surface area contributed by atoms with Gasteiger partial charge < -0.3 is 10.5 Å². The maximum Gasteiger partial charge on any atom is 0.131 e. The van der Waals surface area contributed by atoms with Gasteiger partial charge in [-0.15, -0.1) is 6.58 Å². The highest BCUT2D eigenvalue weighted by atomic mass is 16.5. The summed E-state index contributed by atoms with van der Waals surface area (Å²) in [6.45, 7) is 6.41. The molecular formula is C17H21NO. The van der Waals surface area contributed by atoms with E-state index in [0.717, 1.165) is 29.5 Å². The van der Waals surface area contributed by atoms with Gasteiger partial charge in [0.25, 0.3) is 0 Å². The zero-order chi connectivity index (χ0) is 13.7. The molecular weight excluding hydrogens is 234 g/mol. The van der Waals surface area contributed by atoms with E-state index in [-0.39, 0.29) is 6.04 Å². The third kappa shape index (κ3) is 3.15. The minimum absolute atomic E-state index is 0.0287. The van der Waals surface area contributed by atoms with E-state index in [9.17, 15) is 0 Å². The Labute approximate surface area is 114 Å². The van der Waals surface area contributed by atoms with Gasteiger partial charge in [-0.25, -0.2) is 0 Å². The van der Waals surface area contributed by atoms with Crippen LogP contribution in [0.5, 0.6) is 5.75 Å². The zero-order valence-corrected chi connectivity index (χ0v) is 11.4. The van der Waals surface area contributed by atoms with E-state index < -0.39 is 0 Å². The van der Waals surface area contributed by atoms with E-state index in [4.69, 9.17) is 10.5 Å². The van der Waals surface area contributed by atoms with Crippen LogP contribution in [0, 0.1) is 0 Å². The van der Waals surface area contributed by atoms with Gasteiger partial charge in [0, 0.05) is 17.0 Å². The molecule has 0 bridgehead atoms. The molecule has 0 aliphatic heterocycles. The Morgan fingerprint density at radius 1 is 1.26 bits per heavy atom. The van der Waals surface area contributed by atoms with Crippen molar-refractivity contribution < 1.29 is 4.74 Å². The van der Waals surface area contributed by atoms with Crippen molar-refractivity contribution in [2.45, 2.75) is 25.8 Å². The second-order valence-corrected chi connectivity index (χ2v) is 4.77. The monoisotopic (exact) mass is 255 g/mol. The van der Waals surface area contributed by atoms with Gasteiger partial charge in [0.05, 0.1) is 6.61 Å². The molecule has 0 heterocycles. The molecule has 0 amide bonds. The first-order chi connectivity index (χ1) is 9.24. The minimum Gasteiger partial charge on any atom is -0.493 e. The summed E-state index contributed by atoms with van der Waals surface area (Å²) in [5.74, 6) is 0.928. The van der Waals surface area contributed by atoms with Crippen molar-refractivity contribution in [3.8, 4) is 5.75 Å². The van der Waals surface area contributed by atoms with Crippen LogP contribution in [0.25, 0.3) is 10.8 Å². The summed E-state index contributed by atoms with van der Waals surface area (Å²) in [4.78, 5) is 0. The standard InChI is InChI=1S/C17H21NO/c1-3-4-7-12-19-17-15(13(2)18)11-10-14-8-5-6-9-16(14)17/h3,5-6,8-11,13H,1,4,7,12,18H2,2H3/t13-/m1/s1. The van der Waals surface area contributed by atoms with Gasteiger partial charge >= 0.3 is 0 Å². The molecule has 0 aliphatic carbocycles. The number of hydrogen-bond donors (Lipinski definition) is 1. The average Bonchev–Trinajstić information content (AvgIpc) is 2.43. The molecule has 2 nitrogen and oxygen atoms in total. The van der Waals surface area contributed by atoms with Crippen molar-refractivity contribution in [1.82, 2.24) is 0 Å². The molecule has 0 fully saturated rings. The second-order valence-electron chi connectivity index (χ2n) is 4.77. The lowest BCUT2D eigenvalue weighted by Gasteiger charge is -2.16. The highest BCUT2D eigenvalue weighted by Gasteiger charge is 2.11. The lowest BCUT2D eigenvalue weighted by atomic mass is 10.0. The first-order valence-electron chi connectivity index (χ1n) is 6.75. The molecule has 2 heteroatoms. The molecule has 2 aromatic rings. The minimum atomic E-state index is -0.0287. The first kappa shape index (κ1) is 13.6. The van der Waals surface area contributed by atoms with Gasteiger partial charge in [-0.05, 0) is 25.2 Å². The molecule has 0 aliphatic rings. The Kier molecular flexibility index (Phi) is 4.58. The lowest BCUT2D eigenvalue weighted by molar-refractivity contribution is 0.311. The molecule has 100 valence electrons. The molecule has 0 saturated heterocycles. The van der Waals surface area contributed by atoms with Gasteiger partial charge in [-0.1, -0.05) is 42.5 Å². The number of nitrogens with two attached hydrogens (primary N) is 1. The predicted molar refractivity (Wildman–Crippen MR) is 81.5 cm³/mol. The molecule has 0 aromatic heterocycles. The molecule has 0 radical (unpaired) electrons. The summed E-state index contributed by atoms with van der Waals surface area (Å²) in [5.41, 5.74) is 7.11. The van der Waals surface area contributed by atoms with E-state index in [1.54, 1.807) is 0 Å². The Balaban J connectivity index is 2.35. The van der Waals surface area contributed by atoms with Crippen molar-refractivity contribution in [2.24, 2.45) is 5.73 Å². The number of ether oxygens (including phenoxy) is 1. The van der Waals surface area contributed by atoms with Crippen LogP contribution in [-0.4, -0.2) is 6.61 Å². The molecule has 19 heavy (non-hydrogen) atoms. The van der Waals surface area contributed by atoms with E-state index in [0.29, 0.717) is 6.61 Å². The van der Waals surface area contributed by atoms with E-state index in [2.05, 4.69) is 30.8 Å². The fourth-order valence-electron chi connectivity index (χ4n) is 2.18. The van der Waals surface area contributed by atoms with Crippen LogP contribution in [-0.2, 0) is 0 Å². The maximum atomic E-state index is 6.04. The van der Waals surface area contributed by atoms with Crippen molar-refractivity contribution in [3.63, 3.8) is 0 Å². The zero-order valence-electron chi connectivity index (χ0n) is 11.4. The summed E-state index contributed by atoms with van der Waals surface area (Å²) >= 11 is 0. The molecule has 2 rings (SSSR count). The highest BCUT2D eigenvalue weighted by molar-refractivity contribution is 5.89. The molecule has 1 atom stereocenters. The summed E-state index contributed by atoms with van der Waals surface area (Å²) in [6, 6.07) is 12.4. The number of unbranched alkanes of at least 4 members (excludes halogenated alkanes) is 1. The highest BCUT2D eigenvalue weighted by Crippen LogP contribution is 2.33. The second kappa shape index (κ2) is 6.39. The van der Waals surface area contributed by atoms with Crippen LogP contribution in [0.1, 0.15) is 31.4 Å². The Morgan fingerprint density at radius 3 is 2.79 bits per heavy atom. The quantitative estimate of drug-likeness (QED) is 0.620. The molecule has 0 spiro atoms. The van der Waals surface area contributed by atoms with E-state index in [1.807, 2.05) is 25.1 Å². The number of benzene rings is 2. The number of hydrogen-bond acceptors (Lipinski definition) is 2. The first-order valence-corrected chi connectivity index (χ1v) is 6.75. The smallest absolute Gasteiger partial charge is 0.131 e. The summed E-state index contributed by atoms with van der Waals surface area (Å²) in [5, 5.41) is 2.32. The van der Waals surface area contributed by atoms with Crippen molar-refractivity contribution in [1.29, 1.82) is 0 Å². The van der Waals surface area contributed by atoms with Gasteiger partial charge in [0.15, 0.2) is 0 Å². The molecule has 2 aromatic carbocycles. The van der Waals surface area contributed by atoms with Crippen LogP contribution in [0.4, 0.5) is 0 Å². The van der Waals surface area contributed by atoms with Crippen molar-refractivity contribution in [2.75, 3.05) is 6.61 Å². The predicted octanol–water partition coefficient (Wildman–Crippen LogP) is 4.20. The lowest BCUT2D eigenvalue weighted by Crippen LogP contribution is -2.09. The van der Waals surface area contributed by atoms with Crippen molar-refractivity contribution >= 4 is 10.8 Å². The van der Waals surface area contributed by atoms with Crippen LogP contribution in [0.3, 0.4) is 0 Å². The van der Waals surface area contributed by atoms with Crippen molar-refractivity contribution in [3.05, 3.63) is 54.6 Å². The molecule has 2 N–H and O–H groups in total. The maximum absolute atomic E-state index is 6.04. The Bertz CT molecular complexity index is 560. The third-order valence-corrected chi connectivity index (χ3v) is 3.20. The average molecular weight is 255 g/mol. The summed E-state index contributed by atoms with van der Waals surface area (Å²) in [6.07, 6.45) is 3.86. The topological polar surface area (TPSA) is 35.2 Å². The Hall–Kier alpha value is -1.80. The van der Waals surface area contributed by atoms with Gasteiger partial charge in [0.2, 0.25) is 0 Å². The summed E-state index contributed by atoms with van der Waals surface area (Å²) in [7, 11) is 0. The van der Waals surface area contributed by atoms with Crippen LogP contribution in [0.15, 0.2) is 49.1 Å². The number of fused-ring (bicyclic) bond motifs is 1. The SMILES string of the molecule is C=CCCCOc1c([C@@H](C)N)ccc2ccccc12. The number of allylic oxidation sites excluding steroid dienone is 1. The van der Waals surface area contributed by atoms with Crippen LogP contribution < -0.4 is 10.5 Å². The Morgan fingerprint density at radius 2 is 2.05 bits per heavy atom. The van der Waals surface area contributed by atoms with Gasteiger partial charge in [-0.2, -0.15) is 0 Å². The fourth-order valence-corrected chi connectivity index (χ4v) is 2.18. The largest absolute Gasteiger partial charge is 0.493 e.